The molecular weight excluding hydrogens is 228 g/mol. The van der Waals surface area contributed by atoms with Crippen LogP contribution in [0.4, 0.5) is 0 Å². The minimum absolute atomic E-state index is 0.0485. The summed E-state index contributed by atoms with van der Waals surface area (Å²) in [6.07, 6.45) is 2.95. The molecule has 2 N–H and O–H groups in total. The van der Waals surface area contributed by atoms with Crippen LogP contribution in [0.15, 0.2) is 24.3 Å². The Kier molecular flexibility index (Phi) is 4.20. The molecule has 1 aromatic rings. The summed E-state index contributed by atoms with van der Waals surface area (Å²) in [7, 11) is 1.68. The van der Waals surface area contributed by atoms with Gasteiger partial charge in [-0.15, -0.1) is 0 Å². The van der Waals surface area contributed by atoms with Crippen molar-refractivity contribution >= 4 is 5.91 Å². The van der Waals surface area contributed by atoms with E-state index in [1.807, 2.05) is 23.1 Å². The number of likely N-dealkylation sites (tertiary alicyclic amines) is 1. The summed E-state index contributed by atoms with van der Waals surface area (Å²) < 4.78 is 5.35. The Morgan fingerprint density at radius 2 is 2.28 bits per heavy atom. The average Bonchev–Trinajstić information content (AvgIpc) is 2.86. The molecule has 98 valence electrons. The van der Waals surface area contributed by atoms with E-state index in [9.17, 15) is 4.79 Å². The molecule has 1 aliphatic rings. The molecule has 4 heteroatoms. The Balaban J connectivity index is 2.10. The van der Waals surface area contributed by atoms with Gasteiger partial charge in [0.05, 0.1) is 13.7 Å². The lowest BCUT2D eigenvalue weighted by atomic mass is 10.0. The van der Waals surface area contributed by atoms with Crippen molar-refractivity contribution in [2.45, 2.75) is 25.3 Å². The van der Waals surface area contributed by atoms with Crippen molar-refractivity contribution in [3.05, 3.63) is 29.8 Å². The van der Waals surface area contributed by atoms with Crippen LogP contribution in [0.1, 0.15) is 18.4 Å². The number of benzene rings is 1. The predicted molar refractivity (Wildman–Crippen MR) is 70.5 cm³/mol. The normalized spacial score (nSPS) is 19.0. The van der Waals surface area contributed by atoms with Crippen LogP contribution in [0, 0.1) is 0 Å². The quantitative estimate of drug-likeness (QED) is 0.870. The zero-order chi connectivity index (χ0) is 13.0. The molecule has 1 aliphatic heterocycles. The van der Waals surface area contributed by atoms with E-state index in [4.69, 9.17) is 10.5 Å². The summed E-state index contributed by atoms with van der Waals surface area (Å²) in [6.45, 7) is 0.929. The van der Waals surface area contributed by atoms with Crippen molar-refractivity contribution in [3.63, 3.8) is 0 Å². The van der Waals surface area contributed by atoms with E-state index < -0.39 is 0 Å². The highest BCUT2D eigenvalue weighted by molar-refractivity contribution is 5.78. The summed E-state index contributed by atoms with van der Waals surface area (Å²) in [5, 5.41) is 0. The van der Waals surface area contributed by atoms with E-state index in [2.05, 4.69) is 6.07 Å². The molecule has 1 fully saturated rings. The van der Waals surface area contributed by atoms with Crippen LogP contribution in [0.25, 0.3) is 0 Å². The van der Waals surface area contributed by atoms with E-state index in [1.54, 1.807) is 7.11 Å². The molecule has 2 rings (SSSR count). The number of nitrogens with zero attached hydrogens (tertiary/aromatic N) is 1. The summed E-state index contributed by atoms with van der Waals surface area (Å²) >= 11 is 0. The number of methoxy groups -OCH3 is 1. The molecule has 1 aromatic carbocycles. The topological polar surface area (TPSA) is 55.6 Å². The van der Waals surface area contributed by atoms with Crippen LogP contribution in [0.2, 0.25) is 0 Å². The highest BCUT2D eigenvalue weighted by Gasteiger charge is 2.28. The third kappa shape index (κ3) is 2.64. The zero-order valence-corrected chi connectivity index (χ0v) is 10.8. The number of hydrogen-bond donors (Lipinski definition) is 1. The van der Waals surface area contributed by atoms with Gasteiger partial charge in [0, 0.05) is 12.6 Å². The molecule has 1 heterocycles. The molecule has 0 radical (unpaired) electrons. The molecule has 0 saturated carbocycles. The monoisotopic (exact) mass is 248 g/mol. The number of amides is 1. The van der Waals surface area contributed by atoms with Crippen molar-refractivity contribution < 1.29 is 9.53 Å². The second kappa shape index (κ2) is 5.87. The number of carbonyl (C=O) groups is 1. The molecule has 1 atom stereocenters. The smallest absolute Gasteiger partial charge is 0.236 e. The van der Waals surface area contributed by atoms with Gasteiger partial charge >= 0.3 is 0 Å². The number of nitrogens with two attached hydrogens (primary N) is 1. The molecule has 1 saturated heterocycles. The molecule has 0 bridgehead atoms. The van der Waals surface area contributed by atoms with Gasteiger partial charge in [0.25, 0.3) is 0 Å². The second-order valence-corrected chi connectivity index (χ2v) is 4.60. The minimum atomic E-state index is 0.0485. The lowest BCUT2D eigenvalue weighted by Crippen LogP contribution is -2.40. The van der Waals surface area contributed by atoms with Crippen molar-refractivity contribution in [1.29, 1.82) is 0 Å². The summed E-state index contributed by atoms with van der Waals surface area (Å²) in [5.74, 6) is 0.942. The van der Waals surface area contributed by atoms with Crippen molar-refractivity contribution in [3.8, 4) is 5.75 Å². The minimum Gasteiger partial charge on any atom is -0.496 e. The SMILES string of the molecule is COc1ccccc1CC1CCCN1C(=O)CN. The first-order chi connectivity index (χ1) is 8.76. The van der Waals surface area contributed by atoms with E-state index >= 15 is 0 Å². The van der Waals surface area contributed by atoms with E-state index in [1.165, 1.54) is 0 Å². The summed E-state index contributed by atoms with van der Waals surface area (Å²) in [6, 6.07) is 8.24. The number of para-hydroxylation sites is 1. The van der Waals surface area contributed by atoms with E-state index in [0.717, 1.165) is 37.1 Å². The maximum Gasteiger partial charge on any atom is 0.236 e. The third-order valence-electron chi connectivity index (χ3n) is 3.52. The lowest BCUT2D eigenvalue weighted by molar-refractivity contribution is -0.130. The van der Waals surface area contributed by atoms with Crippen molar-refractivity contribution in [1.82, 2.24) is 4.90 Å². The fourth-order valence-corrected chi connectivity index (χ4v) is 2.62. The van der Waals surface area contributed by atoms with Gasteiger partial charge in [-0.25, -0.2) is 0 Å². The van der Waals surface area contributed by atoms with E-state index in [0.29, 0.717) is 0 Å². The average molecular weight is 248 g/mol. The highest BCUT2D eigenvalue weighted by atomic mass is 16.5. The number of carbonyl (C=O) groups excluding carboxylic acids is 1. The number of rotatable bonds is 4. The maximum atomic E-state index is 11.7. The van der Waals surface area contributed by atoms with Crippen LogP contribution in [0.3, 0.4) is 0 Å². The first kappa shape index (κ1) is 12.9. The first-order valence-electron chi connectivity index (χ1n) is 6.37. The first-order valence-corrected chi connectivity index (χ1v) is 6.37. The van der Waals surface area contributed by atoms with Gasteiger partial charge in [0.15, 0.2) is 0 Å². The van der Waals surface area contributed by atoms with Crippen LogP contribution in [-0.4, -0.2) is 37.0 Å². The van der Waals surface area contributed by atoms with Gasteiger partial charge in [0.2, 0.25) is 5.91 Å². The van der Waals surface area contributed by atoms with E-state index in [-0.39, 0.29) is 18.5 Å². The Hall–Kier alpha value is -1.55. The highest BCUT2D eigenvalue weighted by Crippen LogP contribution is 2.25. The van der Waals surface area contributed by atoms with Crippen molar-refractivity contribution in [2.24, 2.45) is 5.73 Å². The Morgan fingerprint density at radius 1 is 1.50 bits per heavy atom. The molecule has 1 unspecified atom stereocenters. The van der Waals surface area contributed by atoms with Crippen molar-refractivity contribution in [2.75, 3.05) is 20.2 Å². The standard InChI is InChI=1S/C14H20N2O2/c1-18-13-7-3-2-5-11(13)9-12-6-4-8-16(12)14(17)10-15/h2-3,5,7,12H,4,6,8-10,15H2,1H3. The van der Waals surface area contributed by atoms with Gasteiger partial charge in [-0.1, -0.05) is 18.2 Å². The molecule has 18 heavy (non-hydrogen) atoms. The number of ether oxygens (including phenoxy) is 1. The zero-order valence-electron chi connectivity index (χ0n) is 10.8. The third-order valence-corrected chi connectivity index (χ3v) is 3.52. The summed E-state index contributed by atoms with van der Waals surface area (Å²) in [4.78, 5) is 13.6. The Morgan fingerprint density at radius 3 is 3.00 bits per heavy atom. The molecule has 1 amide bonds. The van der Waals surface area contributed by atoms with Gasteiger partial charge in [-0.3, -0.25) is 4.79 Å². The van der Waals surface area contributed by atoms with Crippen LogP contribution >= 0.6 is 0 Å². The Labute approximate surface area is 108 Å². The van der Waals surface area contributed by atoms with Gasteiger partial charge in [0.1, 0.15) is 5.75 Å². The lowest BCUT2D eigenvalue weighted by Gasteiger charge is -2.24. The molecule has 0 spiro atoms. The largest absolute Gasteiger partial charge is 0.496 e. The predicted octanol–water partition coefficient (Wildman–Crippen LogP) is 1.19. The fraction of sp³-hybridized carbons (Fsp3) is 0.500. The Bertz CT molecular complexity index is 420. The van der Waals surface area contributed by atoms with Crippen LogP contribution in [-0.2, 0) is 11.2 Å². The van der Waals surface area contributed by atoms with Gasteiger partial charge < -0.3 is 15.4 Å². The summed E-state index contributed by atoms with van der Waals surface area (Å²) in [5.41, 5.74) is 6.60. The molecule has 0 aromatic heterocycles. The number of hydrogen-bond acceptors (Lipinski definition) is 3. The van der Waals surface area contributed by atoms with Crippen LogP contribution < -0.4 is 10.5 Å². The maximum absolute atomic E-state index is 11.7. The fourth-order valence-electron chi connectivity index (χ4n) is 2.62. The van der Waals surface area contributed by atoms with Gasteiger partial charge in [-0.2, -0.15) is 0 Å². The molecule has 4 nitrogen and oxygen atoms in total. The second-order valence-electron chi connectivity index (χ2n) is 4.60. The molecular formula is C14H20N2O2. The molecule has 0 aliphatic carbocycles. The van der Waals surface area contributed by atoms with Crippen LogP contribution in [0.5, 0.6) is 5.75 Å². The van der Waals surface area contributed by atoms with Gasteiger partial charge in [-0.05, 0) is 30.9 Å².